The van der Waals surface area contributed by atoms with Gasteiger partial charge in [0.05, 0.1) is 20.4 Å². The molecule has 7 nitrogen and oxygen atoms in total. The number of fused-ring (bicyclic) bond motifs is 2. The lowest BCUT2D eigenvalue weighted by Crippen LogP contribution is -2.24. The van der Waals surface area contributed by atoms with E-state index in [0.29, 0.717) is 17.0 Å². The molecular formula is C24H21N3O4. The molecule has 1 amide bonds. The van der Waals surface area contributed by atoms with Gasteiger partial charge in [-0.15, -0.1) is 0 Å². The molecule has 31 heavy (non-hydrogen) atoms. The quantitative estimate of drug-likeness (QED) is 0.365. The second kappa shape index (κ2) is 9.13. The second-order valence-electron chi connectivity index (χ2n) is 6.68. The number of hydrogen-bond acceptors (Lipinski definition) is 6. The fourth-order valence-corrected chi connectivity index (χ4v) is 3.28. The molecule has 0 atom stereocenters. The Balaban J connectivity index is 1.48. The van der Waals surface area contributed by atoms with Crippen molar-refractivity contribution in [1.29, 1.82) is 0 Å². The van der Waals surface area contributed by atoms with E-state index in [1.54, 1.807) is 32.7 Å². The number of hydrogen-bond donors (Lipinski definition) is 1. The minimum atomic E-state index is -0.388. The van der Waals surface area contributed by atoms with Crippen LogP contribution in [0.3, 0.4) is 0 Å². The van der Waals surface area contributed by atoms with Gasteiger partial charge in [0.25, 0.3) is 5.91 Å². The van der Waals surface area contributed by atoms with Gasteiger partial charge in [0.2, 0.25) is 0 Å². The molecule has 0 saturated carbocycles. The van der Waals surface area contributed by atoms with E-state index in [1.807, 2.05) is 54.6 Å². The van der Waals surface area contributed by atoms with Gasteiger partial charge in [-0.05, 0) is 41.1 Å². The minimum Gasteiger partial charge on any atom is -0.497 e. The third-order valence-electron chi connectivity index (χ3n) is 4.79. The maximum absolute atomic E-state index is 12.2. The van der Waals surface area contributed by atoms with Gasteiger partial charge < -0.3 is 14.2 Å². The van der Waals surface area contributed by atoms with E-state index in [-0.39, 0.29) is 12.5 Å². The van der Waals surface area contributed by atoms with Crippen LogP contribution in [0.2, 0.25) is 0 Å². The Morgan fingerprint density at radius 3 is 2.68 bits per heavy atom. The molecule has 0 unspecified atom stereocenters. The zero-order chi connectivity index (χ0) is 21.6. The highest BCUT2D eigenvalue weighted by molar-refractivity contribution is 6.03. The van der Waals surface area contributed by atoms with Crippen LogP contribution in [0.4, 0.5) is 0 Å². The van der Waals surface area contributed by atoms with Crippen molar-refractivity contribution in [2.45, 2.75) is 0 Å². The SMILES string of the molecule is COc1ccc2ccc(OC)c(/C=N\NC(=O)COc3cccc4cccnc34)c2c1. The summed E-state index contributed by atoms with van der Waals surface area (Å²) in [6, 6.07) is 18.9. The maximum Gasteiger partial charge on any atom is 0.277 e. The molecule has 0 aliphatic heterocycles. The summed E-state index contributed by atoms with van der Waals surface area (Å²) < 4.78 is 16.4. The summed E-state index contributed by atoms with van der Waals surface area (Å²) in [4.78, 5) is 16.6. The lowest BCUT2D eigenvalue weighted by Gasteiger charge is -2.10. The molecule has 0 radical (unpaired) electrons. The van der Waals surface area contributed by atoms with Gasteiger partial charge in [-0.1, -0.05) is 30.3 Å². The topological polar surface area (TPSA) is 82.0 Å². The van der Waals surface area contributed by atoms with Crippen LogP contribution in [-0.4, -0.2) is 37.9 Å². The predicted molar refractivity (Wildman–Crippen MR) is 120 cm³/mol. The monoisotopic (exact) mass is 415 g/mol. The standard InChI is InChI=1S/C24H21N3O4/c1-29-18-10-8-16-9-11-21(30-2)20(19(16)13-18)14-26-27-23(28)15-31-22-7-3-5-17-6-4-12-25-24(17)22/h3-14H,15H2,1-2H3,(H,27,28)/b26-14-. The molecule has 0 fully saturated rings. The fourth-order valence-electron chi connectivity index (χ4n) is 3.28. The number of aromatic nitrogens is 1. The summed E-state index contributed by atoms with van der Waals surface area (Å²) in [6.07, 6.45) is 3.24. The number of pyridine rings is 1. The summed E-state index contributed by atoms with van der Waals surface area (Å²) in [5, 5.41) is 6.93. The van der Waals surface area contributed by atoms with Crippen molar-refractivity contribution in [3.8, 4) is 17.2 Å². The van der Waals surface area contributed by atoms with Crippen LogP contribution in [0.1, 0.15) is 5.56 Å². The van der Waals surface area contributed by atoms with Crippen molar-refractivity contribution in [2.75, 3.05) is 20.8 Å². The third kappa shape index (κ3) is 4.40. The first-order valence-electron chi connectivity index (χ1n) is 9.63. The van der Waals surface area contributed by atoms with E-state index >= 15 is 0 Å². The number of ether oxygens (including phenoxy) is 3. The molecule has 1 N–H and O–H groups in total. The highest BCUT2D eigenvalue weighted by atomic mass is 16.5. The molecule has 0 aliphatic carbocycles. The summed E-state index contributed by atoms with van der Waals surface area (Å²) in [5.41, 5.74) is 3.93. The number of rotatable bonds is 7. The number of nitrogens with zero attached hydrogens (tertiary/aromatic N) is 2. The summed E-state index contributed by atoms with van der Waals surface area (Å²) in [7, 11) is 3.20. The molecule has 1 aromatic heterocycles. The van der Waals surface area contributed by atoms with E-state index in [0.717, 1.165) is 27.5 Å². The van der Waals surface area contributed by atoms with Gasteiger partial charge >= 0.3 is 0 Å². The Kier molecular flexibility index (Phi) is 5.93. The fraction of sp³-hybridized carbons (Fsp3) is 0.125. The lowest BCUT2D eigenvalue weighted by molar-refractivity contribution is -0.123. The molecule has 0 aliphatic rings. The number of benzene rings is 3. The highest BCUT2D eigenvalue weighted by Crippen LogP contribution is 2.29. The van der Waals surface area contributed by atoms with Gasteiger partial charge in [-0.2, -0.15) is 5.10 Å². The zero-order valence-electron chi connectivity index (χ0n) is 17.2. The van der Waals surface area contributed by atoms with Crippen LogP contribution in [-0.2, 0) is 4.79 Å². The highest BCUT2D eigenvalue weighted by Gasteiger charge is 2.09. The molecule has 4 rings (SSSR count). The van der Waals surface area contributed by atoms with Gasteiger partial charge in [0.15, 0.2) is 6.61 Å². The normalized spacial score (nSPS) is 11.0. The minimum absolute atomic E-state index is 0.187. The Bertz CT molecular complexity index is 1260. The van der Waals surface area contributed by atoms with Crippen molar-refractivity contribution in [3.05, 3.63) is 72.4 Å². The van der Waals surface area contributed by atoms with E-state index in [1.165, 1.54) is 0 Å². The first kappa shape index (κ1) is 20.2. The van der Waals surface area contributed by atoms with Crippen LogP contribution in [0.15, 0.2) is 72.0 Å². The van der Waals surface area contributed by atoms with Crippen LogP contribution in [0.5, 0.6) is 17.2 Å². The number of amides is 1. The predicted octanol–water partition coefficient (Wildman–Crippen LogP) is 3.93. The van der Waals surface area contributed by atoms with Crippen molar-refractivity contribution < 1.29 is 19.0 Å². The van der Waals surface area contributed by atoms with E-state index in [9.17, 15) is 4.79 Å². The maximum atomic E-state index is 12.2. The molecule has 0 bridgehead atoms. The average molecular weight is 415 g/mol. The summed E-state index contributed by atoms with van der Waals surface area (Å²) in [6.45, 7) is -0.187. The molecule has 3 aromatic carbocycles. The summed E-state index contributed by atoms with van der Waals surface area (Å²) in [5.74, 6) is 1.51. The first-order valence-corrected chi connectivity index (χ1v) is 9.63. The lowest BCUT2D eigenvalue weighted by atomic mass is 10.0. The molecule has 0 saturated heterocycles. The van der Waals surface area contributed by atoms with E-state index in [4.69, 9.17) is 14.2 Å². The molecule has 156 valence electrons. The average Bonchev–Trinajstić information content (AvgIpc) is 2.82. The van der Waals surface area contributed by atoms with Gasteiger partial charge in [-0.3, -0.25) is 9.78 Å². The number of carbonyl (C=O) groups is 1. The number of para-hydroxylation sites is 1. The van der Waals surface area contributed by atoms with Crippen LogP contribution >= 0.6 is 0 Å². The van der Waals surface area contributed by atoms with Gasteiger partial charge in [0, 0.05) is 17.1 Å². The van der Waals surface area contributed by atoms with Crippen LogP contribution in [0.25, 0.3) is 21.7 Å². The largest absolute Gasteiger partial charge is 0.497 e. The number of hydrazone groups is 1. The second-order valence-corrected chi connectivity index (χ2v) is 6.68. The van der Waals surface area contributed by atoms with Crippen molar-refractivity contribution in [1.82, 2.24) is 10.4 Å². The van der Waals surface area contributed by atoms with Crippen molar-refractivity contribution >= 4 is 33.8 Å². The van der Waals surface area contributed by atoms with E-state index < -0.39 is 0 Å². The zero-order valence-corrected chi connectivity index (χ0v) is 17.2. The van der Waals surface area contributed by atoms with E-state index in [2.05, 4.69) is 15.5 Å². The molecular weight excluding hydrogens is 394 g/mol. The Morgan fingerprint density at radius 1 is 1.00 bits per heavy atom. The third-order valence-corrected chi connectivity index (χ3v) is 4.79. The number of nitrogens with one attached hydrogen (secondary N) is 1. The van der Waals surface area contributed by atoms with Crippen molar-refractivity contribution in [2.24, 2.45) is 5.10 Å². The van der Waals surface area contributed by atoms with Gasteiger partial charge in [-0.25, -0.2) is 5.43 Å². The molecule has 4 aromatic rings. The molecule has 1 heterocycles. The smallest absolute Gasteiger partial charge is 0.277 e. The first-order chi connectivity index (χ1) is 15.2. The van der Waals surface area contributed by atoms with Crippen molar-refractivity contribution in [3.63, 3.8) is 0 Å². The van der Waals surface area contributed by atoms with Gasteiger partial charge in [0.1, 0.15) is 22.8 Å². The Labute approximate surface area is 179 Å². The van der Waals surface area contributed by atoms with Crippen LogP contribution < -0.4 is 19.6 Å². The number of carbonyl (C=O) groups excluding carboxylic acids is 1. The molecule has 0 spiro atoms. The summed E-state index contributed by atoms with van der Waals surface area (Å²) >= 11 is 0. The Hall–Kier alpha value is -4.13. The van der Waals surface area contributed by atoms with Crippen LogP contribution in [0, 0.1) is 0 Å². The Morgan fingerprint density at radius 2 is 1.84 bits per heavy atom. The number of methoxy groups -OCH3 is 2. The molecule has 7 heteroatoms.